The Morgan fingerprint density at radius 3 is 2.35 bits per heavy atom. The van der Waals surface area contributed by atoms with Gasteiger partial charge in [0.1, 0.15) is 18.2 Å². The van der Waals surface area contributed by atoms with E-state index in [1.807, 2.05) is 17.8 Å². The molecular formula is C13H17N3O3S. The van der Waals surface area contributed by atoms with E-state index in [2.05, 4.69) is 4.98 Å². The number of sulfonamides is 1. The number of imidazole rings is 1. The third kappa shape index (κ3) is 3.00. The monoisotopic (exact) mass is 295 g/mol. The number of rotatable bonds is 4. The van der Waals surface area contributed by atoms with Crippen LogP contribution >= 0.6 is 0 Å². The van der Waals surface area contributed by atoms with Crippen LogP contribution in [0, 0.1) is 13.8 Å². The van der Waals surface area contributed by atoms with E-state index in [-0.39, 0.29) is 4.90 Å². The largest absolute Gasteiger partial charge is 0.486 e. The van der Waals surface area contributed by atoms with Crippen molar-refractivity contribution in [2.45, 2.75) is 25.3 Å². The molecule has 1 aromatic heterocycles. The summed E-state index contributed by atoms with van der Waals surface area (Å²) < 4.78 is 30.5. The summed E-state index contributed by atoms with van der Waals surface area (Å²) in [6, 6.07) is 3.32. The minimum atomic E-state index is -3.72. The van der Waals surface area contributed by atoms with E-state index in [0.29, 0.717) is 23.5 Å². The van der Waals surface area contributed by atoms with Crippen LogP contribution in [0.2, 0.25) is 0 Å². The lowest BCUT2D eigenvalue weighted by molar-refractivity contribution is 0.291. The number of benzene rings is 1. The van der Waals surface area contributed by atoms with Crippen molar-refractivity contribution in [3.8, 4) is 5.75 Å². The molecule has 0 unspecified atom stereocenters. The normalized spacial score (nSPS) is 11.6. The Hall–Kier alpha value is -1.86. The topological polar surface area (TPSA) is 87.2 Å². The average Bonchev–Trinajstić information content (AvgIpc) is 2.69. The summed E-state index contributed by atoms with van der Waals surface area (Å²) in [6.45, 7) is 3.71. The van der Waals surface area contributed by atoms with Gasteiger partial charge in [0.15, 0.2) is 0 Å². The Morgan fingerprint density at radius 2 is 1.90 bits per heavy atom. The lowest BCUT2D eigenvalue weighted by Crippen LogP contribution is -2.15. The molecule has 108 valence electrons. The van der Waals surface area contributed by atoms with Gasteiger partial charge >= 0.3 is 0 Å². The molecule has 0 bridgehead atoms. The molecule has 7 heteroatoms. The van der Waals surface area contributed by atoms with Crippen molar-refractivity contribution in [3.63, 3.8) is 0 Å². The van der Waals surface area contributed by atoms with E-state index >= 15 is 0 Å². The molecule has 2 N–H and O–H groups in total. The summed E-state index contributed by atoms with van der Waals surface area (Å²) in [5.41, 5.74) is 1.14. The quantitative estimate of drug-likeness (QED) is 0.920. The highest BCUT2D eigenvalue weighted by Gasteiger charge is 2.16. The molecule has 0 fully saturated rings. The van der Waals surface area contributed by atoms with Crippen molar-refractivity contribution in [1.82, 2.24) is 9.55 Å². The second kappa shape index (κ2) is 5.26. The van der Waals surface area contributed by atoms with Crippen LogP contribution in [0.25, 0.3) is 0 Å². The average molecular weight is 295 g/mol. The Kier molecular flexibility index (Phi) is 3.82. The Bertz CT molecular complexity index is 712. The summed E-state index contributed by atoms with van der Waals surface area (Å²) in [5, 5.41) is 5.20. The smallest absolute Gasteiger partial charge is 0.238 e. The van der Waals surface area contributed by atoms with Gasteiger partial charge in [-0.2, -0.15) is 0 Å². The molecule has 6 nitrogen and oxygen atoms in total. The van der Waals surface area contributed by atoms with Crippen LogP contribution in [-0.2, 0) is 23.7 Å². The number of nitrogens with zero attached hydrogens (tertiary/aromatic N) is 2. The summed E-state index contributed by atoms with van der Waals surface area (Å²) in [4.78, 5) is 4.31. The fraction of sp³-hybridized carbons (Fsp3) is 0.308. The van der Waals surface area contributed by atoms with Crippen molar-refractivity contribution < 1.29 is 13.2 Å². The number of primary sulfonamides is 1. The summed E-state index contributed by atoms with van der Waals surface area (Å²) in [5.74, 6) is 1.38. The highest BCUT2D eigenvalue weighted by atomic mass is 32.2. The molecule has 1 aromatic carbocycles. The van der Waals surface area contributed by atoms with Gasteiger partial charge in [-0.1, -0.05) is 0 Å². The molecule has 0 radical (unpaired) electrons. The van der Waals surface area contributed by atoms with E-state index in [0.717, 1.165) is 5.82 Å². The summed E-state index contributed by atoms with van der Waals surface area (Å²) >= 11 is 0. The van der Waals surface area contributed by atoms with Crippen LogP contribution in [0.3, 0.4) is 0 Å². The first kappa shape index (κ1) is 14.5. The molecule has 0 atom stereocenters. The Balaban J connectivity index is 2.25. The molecule has 0 saturated heterocycles. The van der Waals surface area contributed by atoms with E-state index in [4.69, 9.17) is 9.88 Å². The highest BCUT2D eigenvalue weighted by Crippen LogP contribution is 2.25. The minimum absolute atomic E-state index is 0.154. The van der Waals surface area contributed by atoms with Crippen LogP contribution in [0.15, 0.2) is 29.4 Å². The molecule has 0 aliphatic carbocycles. The Morgan fingerprint density at radius 1 is 1.30 bits per heavy atom. The van der Waals surface area contributed by atoms with Gasteiger partial charge in [0.2, 0.25) is 10.0 Å². The molecule has 2 rings (SSSR count). The molecule has 0 aliphatic heterocycles. The van der Waals surface area contributed by atoms with E-state index in [1.165, 1.54) is 0 Å². The third-order valence-electron chi connectivity index (χ3n) is 3.01. The van der Waals surface area contributed by atoms with Crippen LogP contribution < -0.4 is 9.88 Å². The maximum absolute atomic E-state index is 11.5. The predicted molar refractivity (Wildman–Crippen MR) is 74.8 cm³/mol. The maximum Gasteiger partial charge on any atom is 0.238 e. The van der Waals surface area contributed by atoms with Crippen molar-refractivity contribution in [3.05, 3.63) is 41.5 Å². The van der Waals surface area contributed by atoms with Gasteiger partial charge in [0.25, 0.3) is 0 Å². The van der Waals surface area contributed by atoms with Gasteiger partial charge in [-0.05, 0) is 37.1 Å². The van der Waals surface area contributed by atoms with Crippen molar-refractivity contribution in [1.29, 1.82) is 0 Å². The number of ether oxygens (including phenoxy) is 1. The van der Waals surface area contributed by atoms with Crippen LogP contribution in [-0.4, -0.2) is 18.0 Å². The fourth-order valence-corrected chi connectivity index (χ4v) is 3.14. The maximum atomic E-state index is 11.5. The predicted octanol–water partition coefficient (Wildman–Crippen LogP) is 1.26. The zero-order chi connectivity index (χ0) is 14.9. The van der Waals surface area contributed by atoms with Crippen LogP contribution in [0.5, 0.6) is 5.75 Å². The van der Waals surface area contributed by atoms with Gasteiger partial charge in [0, 0.05) is 19.4 Å². The lowest BCUT2D eigenvalue weighted by Gasteiger charge is -2.12. The van der Waals surface area contributed by atoms with E-state index in [9.17, 15) is 8.42 Å². The van der Waals surface area contributed by atoms with Gasteiger partial charge in [0.05, 0.1) is 4.90 Å². The first-order chi connectivity index (χ1) is 9.29. The van der Waals surface area contributed by atoms with E-state index < -0.39 is 10.0 Å². The molecule has 2 aromatic rings. The van der Waals surface area contributed by atoms with Gasteiger partial charge in [-0.15, -0.1) is 0 Å². The zero-order valence-corrected chi connectivity index (χ0v) is 12.4. The highest BCUT2D eigenvalue weighted by molar-refractivity contribution is 7.89. The fourth-order valence-electron chi connectivity index (χ4n) is 2.13. The van der Waals surface area contributed by atoms with Gasteiger partial charge in [-0.3, -0.25) is 0 Å². The number of nitrogens with two attached hydrogens (primary N) is 1. The molecule has 0 aliphatic rings. The minimum Gasteiger partial charge on any atom is -0.486 e. The summed E-state index contributed by atoms with van der Waals surface area (Å²) in [6.07, 6.45) is 3.53. The molecule has 0 saturated carbocycles. The van der Waals surface area contributed by atoms with E-state index in [1.54, 1.807) is 32.2 Å². The third-order valence-corrected chi connectivity index (χ3v) is 4.22. The van der Waals surface area contributed by atoms with Gasteiger partial charge in [-0.25, -0.2) is 18.5 Å². The lowest BCUT2D eigenvalue weighted by atomic mass is 10.1. The first-order valence-electron chi connectivity index (χ1n) is 6.02. The SMILES string of the molecule is Cc1cc(OCc2nccn2C)cc(C)c1S(N)(=O)=O. The number of hydrogen-bond donors (Lipinski definition) is 1. The number of aromatic nitrogens is 2. The van der Waals surface area contributed by atoms with Crippen molar-refractivity contribution in [2.24, 2.45) is 12.2 Å². The van der Waals surface area contributed by atoms with Gasteiger partial charge < -0.3 is 9.30 Å². The second-order valence-corrected chi connectivity index (χ2v) is 6.17. The number of aryl methyl sites for hydroxylation is 3. The standard InChI is InChI=1S/C13H17N3O3S/c1-9-6-11(7-10(2)13(9)20(14,17)18)19-8-12-15-4-5-16(12)3/h4-7H,8H2,1-3H3,(H2,14,17,18). The van der Waals surface area contributed by atoms with Crippen molar-refractivity contribution in [2.75, 3.05) is 0 Å². The molecule has 1 heterocycles. The van der Waals surface area contributed by atoms with Crippen LogP contribution in [0.4, 0.5) is 0 Å². The number of hydrogen-bond acceptors (Lipinski definition) is 4. The van der Waals surface area contributed by atoms with Crippen molar-refractivity contribution >= 4 is 10.0 Å². The molecule has 0 amide bonds. The zero-order valence-electron chi connectivity index (χ0n) is 11.6. The first-order valence-corrected chi connectivity index (χ1v) is 7.56. The Labute approximate surface area is 118 Å². The summed E-state index contributed by atoms with van der Waals surface area (Å²) in [7, 11) is -1.84. The van der Waals surface area contributed by atoms with Crippen LogP contribution in [0.1, 0.15) is 17.0 Å². The molecule has 0 spiro atoms. The second-order valence-electron chi connectivity index (χ2n) is 4.67. The molecular weight excluding hydrogens is 278 g/mol. The molecule has 20 heavy (non-hydrogen) atoms.